The lowest BCUT2D eigenvalue weighted by atomic mass is 10.1. The molecule has 1 N–H and O–H groups in total. The lowest BCUT2D eigenvalue weighted by Gasteiger charge is -2.20. The molecule has 1 aliphatic rings. The molecule has 0 bridgehead atoms. The Hall–Kier alpha value is -1.07. The molecule has 106 valence electrons. The van der Waals surface area contributed by atoms with Gasteiger partial charge in [-0.1, -0.05) is 6.07 Å². The molecule has 5 heteroatoms. The van der Waals surface area contributed by atoms with Crippen LogP contribution >= 0.6 is 0 Å². The van der Waals surface area contributed by atoms with Crippen molar-refractivity contribution in [3.63, 3.8) is 0 Å². The fraction of sp³-hybridized carbons (Fsp3) is 0.571. The van der Waals surface area contributed by atoms with Gasteiger partial charge in [0.1, 0.15) is 0 Å². The van der Waals surface area contributed by atoms with Gasteiger partial charge in [-0.05, 0) is 31.0 Å². The number of benzene rings is 1. The molecule has 1 aliphatic heterocycles. The minimum atomic E-state index is -0.759. The Morgan fingerprint density at radius 2 is 2.00 bits per heavy atom. The first kappa shape index (κ1) is 14.3. The van der Waals surface area contributed by atoms with Crippen molar-refractivity contribution in [1.82, 2.24) is 5.32 Å². The molecular formula is C14H21NO3S. The maximum atomic E-state index is 11.9. The van der Waals surface area contributed by atoms with Crippen LogP contribution in [0.15, 0.2) is 18.2 Å². The molecule has 1 heterocycles. The van der Waals surface area contributed by atoms with Crippen LogP contribution in [0.25, 0.3) is 0 Å². The highest BCUT2D eigenvalue weighted by Crippen LogP contribution is 2.31. The molecule has 19 heavy (non-hydrogen) atoms. The first-order valence-corrected chi connectivity index (χ1v) is 7.95. The van der Waals surface area contributed by atoms with E-state index < -0.39 is 10.8 Å². The van der Waals surface area contributed by atoms with Crippen LogP contribution in [0.4, 0.5) is 0 Å². The summed E-state index contributed by atoms with van der Waals surface area (Å²) in [6.07, 6.45) is 0.955. The van der Waals surface area contributed by atoms with E-state index in [2.05, 4.69) is 12.2 Å². The van der Waals surface area contributed by atoms with Crippen molar-refractivity contribution in [2.24, 2.45) is 0 Å². The Balaban J connectivity index is 2.26. The van der Waals surface area contributed by atoms with Gasteiger partial charge in [0.2, 0.25) is 0 Å². The van der Waals surface area contributed by atoms with E-state index in [0.29, 0.717) is 23.3 Å². The molecule has 0 aromatic heterocycles. The van der Waals surface area contributed by atoms with Gasteiger partial charge < -0.3 is 14.8 Å². The fourth-order valence-corrected chi connectivity index (χ4v) is 3.76. The zero-order chi connectivity index (χ0) is 13.8. The van der Waals surface area contributed by atoms with Gasteiger partial charge in [0.15, 0.2) is 11.5 Å². The number of nitrogens with one attached hydrogen (secondary N) is 1. The van der Waals surface area contributed by atoms with Crippen LogP contribution in [0.1, 0.15) is 24.9 Å². The first-order chi connectivity index (χ1) is 9.13. The second-order valence-corrected chi connectivity index (χ2v) is 6.46. The zero-order valence-corrected chi connectivity index (χ0v) is 12.5. The number of hydrogen-bond donors (Lipinski definition) is 1. The molecular weight excluding hydrogens is 262 g/mol. The molecule has 1 fully saturated rings. The molecule has 0 radical (unpaired) electrons. The summed E-state index contributed by atoms with van der Waals surface area (Å²) >= 11 is 0. The zero-order valence-electron chi connectivity index (χ0n) is 11.6. The third-order valence-electron chi connectivity index (χ3n) is 3.43. The van der Waals surface area contributed by atoms with E-state index in [4.69, 9.17) is 9.47 Å². The van der Waals surface area contributed by atoms with Crippen molar-refractivity contribution >= 4 is 10.8 Å². The standard InChI is InChI=1S/C14H21NO3S/c1-10-6-7-19(16)9-12(15-10)11-4-5-13(17-2)14(8-11)18-3/h4-5,8,10,12,15H,6-7,9H2,1-3H3. The normalized spacial score (nSPS) is 27.6. The highest BCUT2D eigenvalue weighted by atomic mass is 32.2. The van der Waals surface area contributed by atoms with Crippen LogP contribution in [0, 0.1) is 0 Å². The number of ether oxygens (including phenoxy) is 2. The van der Waals surface area contributed by atoms with Crippen LogP contribution in [-0.2, 0) is 10.8 Å². The van der Waals surface area contributed by atoms with Crippen LogP contribution in [0.5, 0.6) is 11.5 Å². The summed E-state index contributed by atoms with van der Waals surface area (Å²) in [6.45, 7) is 2.14. The quantitative estimate of drug-likeness (QED) is 0.920. The Bertz CT molecular complexity index is 464. The molecule has 3 unspecified atom stereocenters. The van der Waals surface area contributed by atoms with E-state index in [0.717, 1.165) is 17.7 Å². The molecule has 3 atom stereocenters. The average molecular weight is 283 g/mol. The largest absolute Gasteiger partial charge is 0.493 e. The first-order valence-electron chi connectivity index (χ1n) is 6.47. The van der Waals surface area contributed by atoms with E-state index in [1.165, 1.54) is 0 Å². The smallest absolute Gasteiger partial charge is 0.161 e. The summed E-state index contributed by atoms with van der Waals surface area (Å²) in [4.78, 5) is 0. The van der Waals surface area contributed by atoms with Crippen molar-refractivity contribution in [1.29, 1.82) is 0 Å². The average Bonchev–Trinajstić information content (AvgIpc) is 2.59. The summed E-state index contributed by atoms with van der Waals surface area (Å²) in [5.74, 6) is 2.86. The molecule has 1 aromatic rings. The number of hydrogen-bond acceptors (Lipinski definition) is 4. The van der Waals surface area contributed by atoms with Gasteiger partial charge in [-0.3, -0.25) is 4.21 Å². The van der Waals surface area contributed by atoms with E-state index in [9.17, 15) is 4.21 Å². The van der Waals surface area contributed by atoms with Crippen molar-refractivity contribution in [2.45, 2.75) is 25.4 Å². The third kappa shape index (κ3) is 3.48. The highest BCUT2D eigenvalue weighted by Gasteiger charge is 2.22. The van der Waals surface area contributed by atoms with Crippen LogP contribution in [0.2, 0.25) is 0 Å². The van der Waals surface area contributed by atoms with E-state index in [1.807, 2.05) is 18.2 Å². The minimum Gasteiger partial charge on any atom is -0.493 e. The summed E-state index contributed by atoms with van der Waals surface area (Å²) in [5.41, 5.74) is 1.10. The summed E-state index contributed by atoms with van der Waals surface area (Å²) in [6, 6.07) is 6.36. The maximum Gasteiger partial charge on any atom is 0.161 e. The Kier molecular flexibility index (Phi) is 4.82. The molecule has 0 aliphatic carbocycles. The van der Waals surface area contributed by atoms with Gasteiger partial charge in [0.25, 0.3) is 0 Å². The predicted molar refractivity (Wildman–Crippen MR) is 77.4 cm³/mol. The Morgan fingerprint density at radius 1 is 1.26 bits per heavy atom. The molecule has 2 rings (SSSR count). The predicted octanol–water partition coefficient (Wildman–Crippen LogP) is 1.88. The number of rotatable bonds is 3. The van der Waals surface area contributed by atoms with Crippen LogP contribution < -0.4 is 14.8 Å². The van der Waals surface area contributed by atoms with E-state index in [1.54, 1.807) is 14.2 Å². The molecule has 0 amide bonds. The second-order valence-electron chi connectivity index (χ2n) is 4.83. The summed E-state index contributed by atoms with van der Waals surface area (Å²) in [5, 5.41) is 3.52. The monoisotopic (exact) mass is 283 g/mol. The van der Waals surface area contributed by atoms with Crippen molar-refractivity contribution in [3.05, 3.63) is 23.8 Å². The van der Waals surface area contributed by atoms with Gasteiger partial charge in [-0.15, -0.1) is 0 Å². The molecule has 0 saturated carbocycles. The second kappa shape index (κ2) is 6.39. The lowest BCUT2D eigenvalue weighted by Crippen LogP contribution is -2.30. The molecule has 1 saturated heterocycles. The third-order valence-corrected chi connectivity index (χ3v) is 4.82. The highest BCUT2D eigenvalue weighted by molar-refractivity contribution is 7.85. The Labute approximate surface area is 116 Å². The maximum absolute atomic E-state index is 11.9. The lowest BCUT2D eigenvalue weighted by molar-refractivity contribution is 0.353. The summed E-state index contributed by atoms with van der Waals surface area (Å²) < 4.78 is 22.5. The van der Waals surface area contributed by atoms with Gasteiger partial charge in [0.05, 0.1) is 14.2 Å². The Morgan fingerprint density at radius 3 is 2.68 bits per heavy atom. The van der Waals surface area contributed by atoms with E-state index >= 15 is 0 Å². The minimum absolute atomic E-state index is 0.109. The van der Waals surface area contributed by atoms with Gasteiger partial charge in [-0.2, -0.15) is 0 Å². The summed E-state index contributed by atoms with van der Waals surface area (Å²) in [7, 11) is 2.49. The molecule has 0 spiro atoms. The fourth-order valence-electron chi connectivity index (χ4n) is 2.31. The van der Waals surface area contributed by atoms with Gasteiger partial charge >= 0.3 is 0 Å². The van der Waals surface area contributed by atoms with Gasteiger partial charge in [-0.25, -0.2) is 0 Å². The van der Waals surface area contributed by atoms with E-state index in [-0.39, 0.29) is 6.04 Å². The SMILES string of the molecule is COc1ccc(C2CS(=O)CCC(C)N2)cc1OC. The van der Waals surface area contributed by atoms with Crippen LogP contribution in [-0.4, -0.2) is 36.0 Å². The van der Waals surface area contributed by atoms with Crippen molar-refractivity contribution in [3.8, 4) is 11.5 Å². The molecule has 4 nitrogen and oxygen atoms in total. The van der Waals surface area contributed by atoms with Crippen molar-refractivity contribution < 1.29 is 13.7 Å². The number of methoxy groups -OCH3 is 2. The van der Waals surface area contributed by atoms with Crippen molar-refractivity contribution in [2.75, 3.05) is 25.7 Å². The topological polar surface area (TPSA) is 47.6 Å². The van der Waals surface area contributed by atoms with Gasteiger partial charge in [0, 0.05) is 34.4 Å². The van der Waals surface area contributed by atoms with Crippen LogP contribution in [0.3, 0.4) is 0 Å². The molecule has 1 aromatic carbocycles.